The lowest BCUT2D eigenvalue weighted by Gasteiger charge is -2.11. The Balaban J connectivity index is 1.50. The van der Waals surface area contributed by atoms with Crippen molar-refractivity contribution in [3.8, 4) is 0 Å². The number of carbonyl (C=O) groups excluding carboxylic acids is 1. The van der Waals surface area contributed by atoms with Crippen molar-refractivity contribution in [3.63, 3.8) is 0 Å². The lowest BCUT2D eigenvalue weighted by atomic mass is 10.1. The molecule has 0 bridgehead atoms. The van der Waals surface area contributed by atoms with Gasteiger partial charge in [-0.15, -0.1) is 0 Å². The van der Waals surface area contributed by atoms with Gasteiger partial charge in [0.05, 0.1) is 5.57 Å². The van der Waals surface area contributed by atoms with Crippen LogP contribution in [0.4, 0.5) is 0 Å². The first-order valence-electron chi connectivity index (χ1n) is 8.69. The highest BCUT2D eigenvalue weighted by molar-refractivity contribution is 5.88. The number of nitrogens with two attached hydrogens (primary N) is 2. The molecule has 0 aromatic heterocycles. The number of carbonyl (C=O) groups is 1. The fourth-order valence-corrected chi connectivity index (χ4v) is 2.66. The molecule has 0 amide bonds. The molecule has 2 aromatic carbocycles. The average molecular weight is 352 g/mol. The molecular weight excluding hydrogens is 328 g/mol. The molecule has 4 N–H and O–H groups in total. The van der Waals surface area contributed by atoms with Gasteiger partial charge in [0, 0.05) is 12.0 Å². The summed E-state index contributed by atoms with van der Waals surface area (Å²) < 4.78 is 10.8. The minimum atomic E-state index is -0.482. The minimum absolute atomic E-state index is 0.0800. The summed E-state index contributed by atoms with van der Waals surface area (Å²) in [6.07, 6.45) is 1.05. The lowest BCUT2D eigenvalue weighted by molar-refractivity contribution is -0.140. The average Bonchev–Trinajstić information content (AvgIpc) is 3.41. The molecule has 2 aromatic rings. The number of esters is 1. The number of ether oxygens (including phenoxy) is 2. The van der Waals surface area contributed by atoms with Crippen LogP contribution in [0, 0.1) is 0 Å². The first-order chi connectivity index (χ1) is 12.5. The smallest absolute Gasteiger partial charge is 0.339 e. The van der Waals surface area contributed by atoms with E-state index in [0.29, 0.717) is 18.6 Å². The van der Waals surface area contributed by atoms with Crippen LogP contribution >= 0.6 is 0 Å². The second-order valence-corrected chi connectivity index (χ2v) is 6.59. The Kier molecular flexibility index (Phi) is 5.58. The highest BCUT2D eigenvalue weighted by Crippen LogP contribution is 2.38. The summed E-state index contributed by atoms with van der Waals surface area (Å²) in [4.78, 5) is 12.1. The van der Waals surface area contributed by atoms with Crippen molar-refractivity contribution < 1.29 is 14.3 Å². The van der Waals surface area contributed by atoms with Gasteiger partial charge < -0.3 is 20.9 Å². The van der Waals surface area contributed by atoms with E-state index in [4.69, 9.17) is 20.9 Å². The zero-order chi connectivity index (χ0) is 18.5. The van der Waals surface area contributed by atoms with Crippen molar-refractivity contribution in [2.45, 2.75) is 38.5 Å². The van der Waals surface area contributed by atoms with Crippen molar-refractivity contribution in [3.05, 3.63) is 82.7 Å². The van der Waals surface area contributed by atoms with Gasteiger partial charge in [0.25, 0.3) is 0 Å². The quantitative estimate of drug-likeness (QED) is 0.454. The highest BCUT2D eigenvalue weighted by atomic mass is 16.5. The van der Waals surface area contributed by atoms with Crippen molar-refractivity contribution in [2.75, 3.05) is 0 Å². The fraction of sp³-hybridized carbons (Fsp3) is 0.286. The van der Waals surface area contributed by atoms with Crippen LogP contribution in [0.2, 0.25) is 0 Å². The van der Waals surface area contributed by atoms with Gasteiger partial charge in [-0.3, -0.25) is 0 Å². The van der Waals surface area contributed by atoms with Gasteiger partial charge in [0.15, 0.2) is 5.88 Å². The van der Waals surface area contributed by atoms with Gasteiger partial charge in [-0.05, 0) is 30.0 Å². The van der Waals surface area contributed by atoms with Crippen LogP contribution in [0.15, 0.2) is 66.1 Å². The van der Waals surface area contributed by atoms with E-state index < -0.39 is 5.97 Å². The number of hydrogen-bond acceptors (Lipinski definition) is 5. The molecule has 26 heavy (non-hydrogen) atoms. The molecule has 0 spiro atoms. The molecule has 0 heterocycles. The second-order valence-electron chi connectivity index (χ2n) is 6.59. The predicted molar refractivity (Wildman–Crippen MR) is 99.7 cm³/mol. The number of hydrogen-bond donors (Lipinski definition) is 2. The monoisotopic (exact) mass is 352 g/mol. The molecule has 2 atom stereocenters. The normalized spacial score (nSPS) is 19.5. The summed E-state index contributed by atoms with van der Waals surface area (Å²) in [7, 11) is 0. The van der Waals surface area contributed by atoms with Crippen LogP contribution in [0.3, 0.4) is 0 Å². The Labute approximate surface area is 153 Å². The van der Waals surface area contributed by atoms with E-state index in [0.717, 1.165) is 17.5 Å². The Morgan fingerprint density at radius 2 is 1.58 bits per heavy atom. The Bertz CT molecular complexity index is 785. The molecule has 1 aliphatic carbocycles. The first kappa shape index (κ1) is 18.0. The van der Waals surface area contributed by atoms with E-state index in [1.54, 1.807) is 6.92 Å². The third-order valence-corrected chi connectivity index (χ3v) is 4.53. The van der Waals surface area contributed by atoms with Crippen molar-refractivity contribution in [1.82, 2.24) is 0 Å². The van der Waals surface area contributed by atoms with Gasteiger partial charge in [-0.25, -0.2) is 4.79 Å². The van der Waals surface area contributed by atoms with Crippen LogP contribution < -0.4 is 11.5 Å². The van der Waals surface area contributed by atoms with Crippen molar-refractivity contribution >= 4 is 5.97 Å². The topological polar surface area (TPSA) is 87.6 Å². The predicted octanol–water partition coefficient (Wildman–Crippen LogP) is 2.95. The molecule has 0 radical (unpaired) electrons. The first-order valence-corrected chi connectivity index (χ1v) is 8.69. The van der Waals surface area contributed by atoms with Crippen LogP contribution in [0.1, 0.15) is 36.0 Å². The van der Waals surface area contributed by atoms with Crippen molar-refractivity contribution in [1.29, 1.82) is 0 Å². The van der Waals surface area contributed by atoms with E-state index in [9.17, 15) is 4.79 Å². The lowest BCUT2D eigenvalue weighted by Crippen LogP contribution is -2.14. The van der Waals surface area contributed by atoms with Crippen LogP contribution in [-0.2, 0) is 27.5 Å². The zero-order valence-electron chi connectivity index (χ0n) is 14.9. The van der Waals surface area contributed by atoms with Crippen LogP contribution in [-0.4, -0.2) is 12.0 Å². The van der Waals surface area contributed by atoms with Crippen molar-refractivity contribution in [2.24, 2.45) is 11.5 Å². The minimum Gasteiger partial charge on any atom is -0.474 e. The summed E-state index contributed by atoms with van der Waals surface area (Å²) in [6, 6.07) is 17.9. The molecular formula is C21H24N2O3. The molecule has 0 saturated heterocycles. The maximum atomic E-state index is 12.1. The molecule has 1 fully saturated rings. The summed E-state index contributed by atoms with van der Waals surface area (Å²) in [5, 5.41) is 0. The van der Waals surface area contributed by atoms with E-state index in [1.807, 2.05) is 42.5 Å². The summed E-state index contributed by atoms with van der Waals surface area (Å²) in [6.45, 7) is 2.10. The molecule has 5 heteroatoms. The molecule has 1 aliphatic rings. The van der Waals surface area contributed by atoms with Gasteiger partial charge >= 0.3 is 5.97 Å². The Morgan fingerprint density at radius 1 is 1.00 bits per heavy atom. The standard InChI is InChI=1S/C21H24N2O3/c1-14(21(24)26-13-15-5-3-2-4-6-15)20(23)25-12-16-7-9-17(10-8-16)18-11-19(18)22/h2-10,18-19H,11-13,22-23H2,1H3/b20-14+/t18?,19-/m0/s1. The van der Waals surface area contributed by atoms with Gasteiger partial charge in [0.2, 0.25) is 0 Å². The SMILES string of the molecule is C/C(C(=O)OCc1ccccc1)=C(/N)OCc1ccc(C2C[C@@H]2N)cc1. The number of rotatable bonds is 7. The maximum absolute atomic E-state index is 12.1. The molecule has 136 valence electrons. The largest absolute Gasteiger partial charge is 0.474 e. The van der Waals surface area contributed by atoms with Gasteiger partial charge in [0.1, 0.15) is 13.2 Å². The maximum Gasteiger partial charge on any atom is 0.339 e. The molecule has 1 saturated carbocycles. The summed E-state index contributed by atoms with van der Waals surface area (Å²) in [5.41, 5.74) is 15.2. The van der Waals surface area contributed by atoms with E-state index in [1.165, 1.54) is 5.56 Å². The molecule has 5 nitrogen and oxygen atoms in total. The Morgan fingerprint density at radius 3 is 2.19 bits per heavy atom. The van der Waals surface area contributed by atoms with E-state index >= 15 is 0 Å². The molecule has 0 aliphatic heterocycles. The van der Waals surface area contributed by atoms with E-state index in [2.05, 4.69) is 12.1 Å². The van der Waals surface area contributed by atoms with Gasteiger partial charge in [-0.1, -0.05) is 54.6 Å². The fourth-order valence-electron chi connectivity index (χ4n) is 2.66. The second kappa shape index (κ2) is 8.06. The Hall–Kier alpha value is -2.79. The molecule has 3 rings (SSSR count). The van der Waals surface area contributed by atoms with Gasteiger partial charge in [-0.2, -0.15) is 0 Å². The molecule has 1 unspecified atom stereocenters. The summed E-state index contributed by atoms with van der Waals surface area (Å²) >= 11 is 0. The third kappa shape index (κ3) is 4.64. The van der Waals surface area contributed by atoms with Crippen LogP contribution in [0.5, 0.6) is 0 Å². The summed E-state index contributed by atoms with van der Waals surface area (Å²) in [5.74, 6) is 0.0809. The third-order valence-electron chi connectivity index (χ3n) is 4.53. The van der Waals surface area contributed by atoms with E-state index in [-0.39, 0.29) is 18.1 Å². The van der Waals surface area contributed by atoms with Crippen LogP contribution in [0.25, 0.3) is 0 Å². The number of benzene rings is 2. The zero-order valence-corrected chi connectivity index (χ0v) is 14.9. The highest BCUT2D eigenvalue weighted by Gasteiger charge is 2.34.